The highest BCUT2D eigenvalue weighted by Gasteiger charge is 2.29. The van der Waals surface area contributed by atoms with Crippen LogP contribution in [0.1, 0.15) is 47.4 Å². The smallest absolute Gasteiger partial charge is 0.0329 e. The quantitative estimate of drug-likeness (QED) is 0.433. The molecule has 3 aromatic rings. The third kappa shape index (κ3) is 2.33. The molecule has 5 rings (SSSR count). The van der Waals surface area contributed by atoms with E-state index in [2.05, 4.69) is 95.7 Å². The lowest BCUT2D eigenvalue weighted by molar-refractivity contribution is 0.663. The van der Waals surface area contributed by atoms with Gasteiger partial charge in [-0.2, -0.15) is 0 Å². The summed E-state index contributed by atoms with van der Waals surface area (Å²) in [5.41, 5.74) is 7.18. The fraction of sp³-hybridized carbons (Fsp3) is 0.167. The van der Waals surface area contributed by atoms with Gasteiger partial charge in [0.15, 0.2) is 0 Å². The average Bonchev–Trinajstić information content (AvgIpc) is 3.18. The predicted molar refractivity (Wildman–Crippen MR) is 111 cm³/mol. The van der Waals surface area contributed by atoms with E-state index in [0.29, 0.717) is 11.8 Å². The highest BCUT2D eigenvalue weighted by molar-refractivity contribution is 9.10. The van der Waals surface area contributed by atoms with E-state index in [9.17, 15) is 0 Å². The maximum atomic E-state index is 3.87. The first kappa shape index (κ1) is 15.2. The number of fused-ring (bicyclic) bond motifs is 3. The fourth-order valence-electron chi connectivity index (χ4n) is 4.44. The van der Waals surface area contributed by atoms with Gasteiger partial charge in [-0.05, 0) is 68.4 Å². The van der Waals surface area contributed by atoms with E-state index in [4.69, 9.17) is 0 Å². The summed E-state index contributed by atoms with van der Waals surface area (Å²) in [5, 5.41) is 2.63. The zero-order valence-corrected chi connectivity index (χ0v) is 15.8. The fourth-order valence-corrected chi connectivity index (χ4v) is 5.15. The normalized spacial score (nSPS) is 20.6. The van der Waals surface area contributed by atoms with E-state index < -0.39 is 0 Å². The summed E-state index contributed by atoms with van der Waals surface area (Å²) in [6.07, 6.45) is 8.19. The Hall–Kier alpha value is -2.12. The first-order chi connectivity index (χ1) is 12.2. The van der Waals surface area contributed by atoms with Gasteiger partial charge in [0, 0.05) is 16.3 Å². The molecule has 2 unspecified atom stereocenters. The van der Waals surface area contributed by atoms with Gasteiger partial charge in [0.1, 0.15) is 0 Å². The molecule has 0 nitrogen and oxygen atoms in total. The molecule has 25 heavy (non-hydrogen) atoms. The second kappa shape index (κ2) is 5.71. The lowest BCUT2D eigenvalue weighted by Crippen LogP contribution is -2.04. The number of hydrogen-bond donors (Lipinski definition) is 0. The van der Waals surface area contributed by atoms with Crippen LogP contribution in [0.3, 0.4) is 0 Å². The molecule has 0 aromatic heterocycles. The van der Waals surface area contributed by atoms with E-state index in [1.54, 1.807) is 0 Å². The van der Waals surface area contributed by atoms with Gasteiger partial charge in [-0.3, -0.25) is 0 Å². The molecule has 122 valence electrons. The average molecular weight is 387 g/mol. The SMILES string of the molecule is CC1=Cc2c(cc3ccccc3c2Br)C1CC1C=Cc2ccccc21. The molecule has 0 bridgehead atoms. The monoisotopic (exact) mass is 386 g/mol. The van der Waals surface area contributed by atoms with Gasteiger partial charge < -0.3 is 0 Å². The lowest BCUT2D eigenvalue weighted by Gasteiger charge is -2.20. The summed E-state index contributed by atoms with van der Waals surface area (Å²) >= 11 is 3.87. The number of allylic oxidation sites excluding steroid dienone is 2. The summed E-state index contributed by atoms with van der Waals surface area (Å²) in [6, 6.07) is 19.9. The molecule has 2 aliphatic rings. The minimum atomic E-state index is 0.497. The molecule has 3 aromatic carbocycles. The highest BCUT2D eigenvalue weighted by atomic mass is 79.9. The molecular formula is C24H19Br. The van der Waals surface area contributed by atoms with Crippen molar-refractivity contribution in [3.63, 3.8) is 0 Å². The zero-order chi connectivity index (χ0) is 17.0. The summed E-state index contributed by atoms with van der Waals surface area (Å²) in [7, 11) is 0. The summed E-state index contributed by atoms with van der Waals surface area (Å²) in [4.78, 5) is 0. The van der Waals surface area contributed by atoms with Gasteiger partial charge in [0.2, 0.25) is 0 Å². The Morgan fingerprint density at radius 3 is 2.68 bits per heavy atom. The molecule has 0 saturated carbocycles. The van der Waals surface area contributed by atoms with Crippen molar-refractivity contribution in [1.82, 2.24) is 0 Å². The van der Waals surface area contributed by atoms with Crippen molar-refractivity contribution in [1.29, 1.82) is 0 Å². The van der Waals surface area contributed by atoms with Crippen LogP contribution in [0.2, 0.25) is 0 Å². The number of rotatable bonds is 2. The Bertz CT molecular complexity index is 1050. The van der Waals surface area contributed by atoms with Crippen molar-refractivity contribution < 1.29 is 0 Å². The minimum Gasteiger partial charge on any atom is -0.0763 e. The van der Waals surface area contributed by atoms with E-state index >= 15 is 0 Å². The molecule has 0 spiro atoms. The van der Waals surface area contributed by atoms with Crippen LogP contribution in [0.5, 0.6) is 0 Å². The number of benzene rings is 3. The molecule has 0 fully saturated rings. The van der Waals surface area contributed by atoms with Crippen LogP contribution >= 0.6 is 15.9 Å². The Kier molecular flexibility index (Phi) is 3.46. The van der Waals surface area contributed by atoms with Gasteiger partial charge in [-0.1, -0.05) is 72.3 Å². The van der Waals surface area contributed by atoms with Gasteiger partial charge in [0.05, 0.1) is 0 Å². The molecule has 0 radical (unpaired) electrons. The Balaban J connectivity index is 1.58. The third-order valence-corrected chi connectivity index (χ3v) is 6.60. The molecule has 0 N–H and O–H groups in total. The molecule has 0 aliphatic heterocycles. The Morgan fingerprint density at radius 2 is 1.76 bits per heavy atom. The van der Waals surface area contributed by atoms with Crippen molar-refractivity contribution >= 4 is 38.9 Å². The van der Waals surface area contributed by atoms with Crippen LogP contribution in [0.25, 0.3) is 22.9 Å². The van der Waals surface area contributed by atoms with Gasteiger partial charge in [0.25, 0.3) is 0 Å². The summed E-state index contributed by atoms with van der Waals surface area (Å²) < 4.78 is 1.24. The van der Waals surface area contributed by atoms with E-state index in [0.717, 1.165) is 6.42 Å². The molecule has 0 saturated heterocycles. The van der Waals surface area contributed by atoms with Gasteiger partial charge >= 0.3 is 0 Å². The second-order valence-corrected chi connectivity index (χ2v) is 7.98. The van der Waals surface area contributed by atoms with Crippen LogP contribution in [-0.4, -0.2) is 0 Å². The maximum Gasteiger partial charge on any atom is 0.0329 e. The van der Waals surface area contributed by atoms with E-state index in [1.165, 1.54) is 43.1 Å². The number of halogens is 1. The molecule has 0 heterocycles. The van der Waals surface area contributed by atoms with Crippen LogP contribution in [0.4, 0.5) is 0 Å². The van der Waals surface area contributed by atoms with Crippen molar-refractivity contribution in [2.75, 3.05) is 0 Å². The molecule has 2 aliphatic carbocycles. The standard InChI is InChI=1S/C24H19Br/c1-15-12-23-22(14-17-7-3-5-9-20(17)24(23)25)21(15)13-18-11-10-16-6-2-4-8-19(16)18/h2-12,14,18,21H,13H2,1H3. The van der Waals surface area contributed by atoms with Crippen LogP contribution < -0.4 is 0 Å². The summed E-state index contributed by atoms with van der Waals surface area (Å²) in [6.45, 7) is 2.28. The second-order valence-electron chi connectivity index (χ2n) is 7.19. The van der Waals surface area contributed by atoms with Gasteiger partial charge in [-0.15, -0.1) is 0 Å². The predicted octanol–water partition coefficient (Wildman–Crippen LogP) is 7.30. The molecule has 2 atom stereocenters. The molecule has 1 heteroatoms. The van der Waals surface area contributed by atoms with Gasteiger partial charge in [-0.25, -0.2) is 0 Å². The Morgan fingerprint density at radius 1 is 0.960 bits per heavy atom. The molecule has 0 amide bonds. The third-order valence-electron chi connectivity index (χ3n) is 5.75. The topological polar surface area (TPSA) is 0 Å². The zero-order valence-electron chi connectivity index (χ0n) is 14.2. The van der Waals surface area contributed by atoms with Crippen molar-refractivity contribution in [2.45, 2.75) is 25.2 Å². The van der Waals surface area contributed by atoms with Crippen LogP contribution in [0.15, 0.2) is 70.7 Å². The minimum absolute atomic E-state index is 0.497. The number of hydrogen-bond acceptors (Lipinski definition) is 0. The largest absolute Gasteiger partial charge is 0.0763 e. The van der Waals surface area contributed by atoms with E-state index in [1.807, 2.05) is 0 Å². The van der Waals surface area contributed by atoms with Crippen molar-refractivity contribution in [3.05, 3.63) is 93.0 Å². The first-order valence-corrected chi connectivity index (χ1v) is 9.68. The summed E-state index contributed by atoms with van der Waals surface area (Å²) in [5.74, 6) is 1.01. The van der Waals surface area contributed by atoms with Crippen LogP contribution in [0, 0.1) is 0 Å². The van der Waals surface area contributed by atoms with Crippen molar-refractivity contribution in [2.24, 2.45) is 0 Å². The van der Waals surface area contributed by atoms with Crippen molar-refractivity contribution in [3.8, 4) is 0 Å². The lowest BCUT2D eigenvalue weighted by atomic mass is 9.84. The Labute approximate surface area is 157 Å². The first-order valence-electron chi connectivity index (χ1n) is 8.89. The van der Waals surface area contributed by atoms with Crippen LogP contribution in [-0.2, 0) is 0 Å². The maximum absolute atomic E-state index is 3.87. The van der Waals surface area contributed by atoms with E-state index in [-0.39, 0.29) is 0 Å². The molecular weight excluding hydrogens is 368 g/mol. The highest BCUT2D eigenvalue weighted by Crippen LogP contribution is 2.48.